The van der Waals surface area contributed by atoms with Crippen LogP contribution in [0.3, 0.4) is 0 Å². The van der Waals surface area contributed by atoms with Crippen molar-refractivity contribution in [1.29, 1.82) is 0 Å². The van der Waals surface area contributed by atoms with Gasteiger partial charge in [-0.25, -0.2) is 10.9 Å². The predicted octanol–water partition coefficient (Wildman–Crippen LogP) is 9.51. The fraction of sp³-hybridized carbons (Fsp3) is 0.483. The van der Waals surface area contributed by atoms with Crippen molar-refractivity contribution in [2.75, 3.05) is 0 Å². The minimum Gasteiger partial charge on any atom is -0.245 e. The molecule has 0 aliphatic rings. The summed E-state index contributed by atoms with van der Waals surface area (Å²) in [6, 6.07) is 15.4. The highest BCUT2D eigenvalue weighted by molar-refractivity contribution is 6.31. The topological polar surface area (TPSA) is 61.1 Å². The van der Waals surface area contributed by atoms with Gasteiger partial charge in [-0.1, -0.05) is 113 Å². The van der Waals surface area contributed by atoms with Crippen LogP contribution in [-0.2, 0) is 0 Å². The maximum absolute atomic E-state index is 6.09. The van der Waals surface area contributed by atoms with E-state index >= 15 is 0 Å². The Morgan fingerprint density at radius 3 is 1.32 bits per heavy atom. The van der Waals surface area contributed by atoms with E-state index in [4.69, 9.17) is 35.0 Å². The van der Waals surface area contributed by atoms with E-state index < -0.39 is 0 Å². The highest BCUT2D eigenvalue weighted by Gasteiger charge is 2.08. The smallest absolute Gasteiger partial charge is 0.245 e. The highest BCUT2D eigenvalue weighted by atomic mass is 35.5. The second-order valence-corrected chi connectivity index (χ2v) is 10.2. The van der Waals surface area contributed by atoms with Gasteiger partial charge in [-0.2, -0.15) is 10.2 Å². The van der Waals surface area contributed by atoms with Crippen molar-refractivity contribution < 1.29 is 0 Å². The van der Waals surface area contributed by atoms with Gasteiger partial charge in [-0.05, 0) is 61.1 Å². The number of rotatable bonds is 16. The van der Waals surface area contributed by atoms with Crippen molar-refractivity contribution in [1.82, 2.24) is 10.9 Å². The van der Waals surface area contributed by atoms with Crippen molar-refractivity contribution in [3.05, 3.63) is 69.7 Å². The molecule has 0 spiro atoms. The van der Waals surface area contributed by atoms with Crippen LogP contribution in [0.4, 0.5) is 0 Å². The molecule has 0 aromatic heterocycles. The number of halogens is 3. The maximum atomic E-state index is 6.09. The van der Waals surface area contributed by atoms with Gasteiger partial charge in [0.1, 0.15) is 0 Å². The first-order valence-corrected chi connectivity index (χ1v) is 14.5. The van der Waals surface area contributed by atoms with E-state index in [0.717, 1.165) is 48.2 Å². The molecule has 0 atom stereocenters. The van der Waals surface area contributed by atoms with Gasteiger partial charge in [-0.3, -0.25) is 0 Å². The largest absolute Gasteiger partial charge is 0.250 e. The van der Waals surface area contributed by atoms with Crippen LogP contribution >= 0.6 is 35.0 Å². The summed E-state index contributed by atoms with van der Waals surface area (Å²) in [6.45, 7) is 4.44. The van der Waals surface area contributed by atoms with Crippen LogP contribution in [0.15, 0.2) is 63.2 Å². The van der Waals surface area contributed by atoms with Gasteiger partial charge < -0.3 is 0 Å². The van der Waals surface area contributed by atoms with E-state index in [1.165, 1.54) is 51.4 Å². The molecule has 2 N–H and O–H groups in total. The number of hydrazone groups is 2. The lowest BCUT2D eigenvalue weighted by Gasteiger charge is -2.11. The lowest BCUT2D eigenvalue weighted by Crippen LogP contribution is -2.32. The number of hydrogen-bond donors (Lipinski definition) is 2. The molecule has 0 fully saturated rings. The van der Waals surface area contributed by atoms with Gasteiger partial charge in [0, 0.05) is 21.8 Å². The zero-order chi connectivity index (χ0) is 26.7. The number of nitrogens with zero attached hydrogens (tertiary/aromatic N) is 3. The molecule has 37 heavy (non-hydrogen) atoms. The molecule has 0 heterocycles. The van der Waals surface area contributed by atoms with Gasteiger partial charge >= 0.3 is 0 Å². The molecule has 0 aliphatic heterocycles. The Morgan fingerprint density at radius 2 is 0.973 bits per heavy atom. The summed E-state index contributed by atoms with van der Waals surface area (Å²) in [5.74, 6) is 0.261. The summed E-state index contributed by atoms with van der Waals surface area (Å²) in [5.41, 5.74) is 9.81. The van der Waals surface area contributed by atoms with E-state index in [-0.39, 0.29) is 5.96 Å². The van der Waals surface area contributed by atoms with Gasteiger partial charge in [-0.15, -0.1) is 4.51 Å². The van der Waals surface area contributed by atoms with E-state index in [1.807, 2.05) is 48.5 Å². The average Bonchev–Trinajstić information content (AvgIpc) is 2.91. The molecule has 0 saturated carbocycles. The summed E-state index contributed by atoms with van der Waals surface area (Å²) in [7, 11) is 0. The Morgan fingerprint density at radius 1 is 0.595 bits per heavy atom. The van der Waals surface area contributed by atoms with E-state index in [9.17, 15) is 0 Å². The minimum absolute atomic E-state index is 0.261. The highest BCUT2D eigenvalue weighted by Crippen LogP contribution is 2.16. The number of unbranched alkanes of at least 4 members (excludes halogenated alkanes) is 8. The molecule has 2 aromatic rings. The second-order valence-electron chi connectivity index (χ2n) is 9.12. The number of guanidine groups is 1. The Labute approximate surface area is 237 Å². The molecule has 0 saturated heterocycles. The molecular weight excluding hydrogens is 525 g/mol. The third-order valence-electron chi connectivity index (χ3n) is 6.07. The molecule has 2 rings (SSSR count). The number of nitrogens with one attached hydrogen (secondary N) is 2. The first-order valence-electron chi connectivity index (χ1n) is 13.4. The molecule has 0 unspecified atom stereocenters. The normalized spacial score (nSPS) is 11.9. The Kier molecular flexibility index (Phi) is 16.0. The van der Waals surface area contributed by atoms with Crippen molar-refractivity contribution >= 4 is 52.4 Å². The van der Waals surface area contributed by atoms with Gasteiger partial charge in [0.05, 0.1) is 11.4 Å². The zero-order valence-corrected chi connectivity index (χ0v) is 24.3. The van der Waals surface area contributed by atoms with E-state index in [2.05, 4.69) is 39.4 Å². The van der Waals surface area contributed by atoms with Crippen LogP contribution in [0.5, 0.6) is 0 Å². The molecular formula is C29H40Cl3N5. The molecule has 0 radical (unpaired) electrons. The van der Waals surface area contributed by atoms with Crippen LogP contribution in [0, 0.1) is 0 Å². The Hall–Kier alpha value is -2.08. The quantitative estimate of drug-likeness (QED) is 0.0923. The monoisotopic (exact) mass is 563 g/mol. The lowest BCUT2D eigenvalue weighted by molar-refractivity contribution is 0.642. The Balaban J connectivity index is 2.11. The second kappa shape index (κ2) is 19.1. The minimum atomic E-state index is 0.261. The fourth-order valence-corrected chi connectivity index (χ4v) is 4.24. The van der Waals surface area contributed by atoms with Gasteiger partial charge in [0.2, 0.25) is 5.96 Å². The molecule has 2 aromatic carbocycles. The van der Waals surface area contributed by atoms with Crippen LogP contribution in [0.25, 0.3) is 0 Å². The molecule has 5 nitrogen and oxygen atoms in total. The fourth-order valence-electron chi connectivity index (χ4n) is 3.91. The number of benzene rings is 2. The van der Waals surface area contributed by atoms with Crippen molar-refractivity contribution in [3.8, 4) is 0 Å². The third-order valence-corrected chi connectivity index (χ3v) is 6.74. The standard InChI is InChI=1S/C29H40Cl3N5/c1-3-5-7-9-11-13-27(23-15-19-25(30)20-16-23)34-36-29(33-32)37-35-28(14-12-10-8-6-4-2)24-17-21-26(31)22-18-24/h15-22H,3-14H2,1-2H3,(H2,33,36,37)/b34-27+,35-28+. The lowest BCUT2D eigenvalue weighted by atomic mass is 10.0. The van der Waals surface area contributed by atoms with Crippen molar-refractivity contribution in [2.45, 2.75) is 90.9 Å². The first-order chi connectivity index (χ1) is 18.1. The van der Waals surface area contributed by atoms with Crippen LogP contribution in [0.1, 0.15) is 102 Å². The van der Waals surface area contributed by atoms with Crippen LogP contribution in [-0.4, -0.2) is 17.4 Å². The summed E-state index contributed by atoms with van der Waals surface area (Å²) in [4.78, 5) is 0. The third kappa shape index (κ3) is 12.8. The number of hydrogen-bond acceptors (Lipinski definition) is 3. The summed E-state index contributed by atoms with van der Waals surface area (Å²) >= 11 is 18.1. The molecule has 0 amide bonds. The SMILES string of the molecule is CCCCCCC/C(=N\NC(=NCl)N/N=C(\CCCCCCC)c1ccc(Cl)cc1)c1ccc(Cl)cc1. The molecule has 0 bridgehead atoms. The van der Waals surface area contributed by atoms with E-state index in [1.54, 1.807) is 0 Å². The maximum Gasteiger partial charge on any atom is 0.250 e. The van der Waals surface area contributed by atoms with E-state index in [0.29, 0.717) is 10.0 Å². The van der Waals surface area contributed by atoms with Gasteiger partial charge in [0.15, 0.2) is 0 Å². The summed E-state index contributed by atoms with van der Waals surface area (Å²) in [6.07, 6.45) is 13.5. The molecule has 202 valence electrons. The van der Waals surface area contributed by atoms with Gasteiger partial charge in [0.25, 0.3) is 0 Å². The summed E-state index contributed by atoms with van der Waals surface area (Å²) < 4.78 is 3.80. The van der Waals surface area contributed by atoms with Crippen molar-refractivity contribution in [3.63, 3.8) is 0 Å². The average molecular weight is 565 g/mol. The first kappa shape index (κ1) is 31.1. The molecule has 8 heteroatoms. The zero-order valence-electron chi connectivity index (χ0n) is 22.1. The molecule has 0 aliphatic carbocycles. The Bertz CT molecular complexity index is 908. The van der Waals surface area contributed by atoms with Crippen LogP contribution in [0.2, 0.25) is 10.0 Å². The van der Waals surface area contributed by atoms with Crippen LogP contribution < -0.4 is 10.9 Å². The van der Waals surface area contributed by atoms with Crippen molar-refractivity contribution in [2.24, 2.45) is 14.7 Å². The summed E-state index contributed by atoms with van der Waals surface area (Å²) in [5, 5.41) is 10.7. The predicted molar refractivity (Wildman–Crippen MR) is 162 cm³/mol.